The molecule has 34 heavy (non-hydrogen) atoms. The number of halogens is 1. The van der Waals surface area contributed by atoms with Crippen LogP contribution < -0.4 is 15.0 Å². The number of methoxy groups -OCH3 is 1. The fraction of sp³-hybridized carbons (Fsp3) is 0.185. The average molecular weight is 533 g/mol. The standard InChI is InChI=1S/C27H25BrN4OS/c1-17-15-21(18(2)31(17)20-10-8-9-19(28)16-20)26-25(22-11-6-7-14-29-22)30-27(34)32(26)23-12-4-5-13-24(23)33-3/h4-16,25-26H,1-3H3,(H,30,34)/t25-,26-/m1/s1. The Balaban J connectivity index is 1.71. The lowest BCUT2D eigenvalue weighted by Gasteiger charge is -2.29. The molecule has 0 radical (unpaired) electrons. The topological polar surface area (TPSA) is 42.3 Å². The highest BCUT2D eigenvalue weighted by Crippen LogP contribution is 2.46. The zero-order valence-electron chi connectivity index (χ0n) is 19.2. The van der Waals surface area contributed by atoms with E-state index in [1.165, 1.54) is 5.56 Å². The summed E-state index contributed by atoms with van der Waals surface area (Å²) in [4.78, 5) is 6.84. The van der Waals surface area contributed by atoms with Crippen LogP contribution in [0.25, 0.3) is 5.69 Å². The molecule has 2 aromatic carbocycles. The lowest BCUT2D eigenvalue weighted by molar-refractivity contribution is 0.414. The highest BCUT2D eigenvalue weighted by Gasteiger charge is 2.43. The molecular formula is C27H25BrN4OS. The molecule has 2 atom stereocenters. The Bertz CT molecular complexity index is 1350. The molecule has 0 bridgehead atoms. The molecule has 3 heterocycles. The first-order chi connectivity index (χ1) is 16.5. The summed E-state index contributed by atoms with van der Waals surface area (Å²) >= 11 is 9.51. The minimum absolute atomic E-state index is 0.106. The molecular weight excluding hydrogens is 508 g/mol. The fourth-order valence-electron chi connectivity index (χ4n) is 4.86. The number of hydrogen-bond acceptors (Lipinski definition) is 3. The van der Waals surface area contributed by atoms with E-state index in [4.69, 9.17) is 17.0 Å². The highest BCUT2D eigenvalue weighted by molar-refractivity contribution is 9.10. The van der Waals surface area contributed by atoms with E-state index in [1.807, 2.05) is 54.7 Å². The van der Waals surface area contributed by atoms with Crippen LogP contribution in [0.1, 0.15) is 34.7 Å². The van der Waals surface area contributed by atoms with Gasteiger partial charge in [0.2, 0.25) is 0 Å². The van der Waals surface area contributed by atoms with Crippen molar-refractivity contribution in [2.24, 2.45) is 0 Å². The number of rotatable bonds is 5. The summed E-state index contributed by atoms with van der Waals surface area (Å²) in [6.45, 7) is 4.31. The first-order valence-electron chi connectivity index (χ1n) is 11.1. The number of aryl methyl sites for hydroxylation is 1. The molecule has 0 amide bonds. The summed E-state index contributed by atoms with van der Waals surface area (Å²) in [7, 11) is 1.69. The molecule has 0 saturated carbocycles. The van der Waals surface area contributed by atoms with Gasteiger partial charge in [0, 0.05) is 27.7 Å². The Labute approximate surface area is 213 Å². The number of nitrogens with zero attached hydrogens (tertiary/aromatic N) is 3. The number of anilines is 1. The van der Waals surface area contributed by atoms with Gasteiger partial charge in [0.25, 0.3) is 0 Å². The maximum atomic E-state index is 5.90. The first kappa shape index (κ1) is 22.6. The third-order valence-electron chi connectivity index (χ3n) is 6.30. The minimum Gasteiger partial charge on any atom is -0.495 e. The van der Waals surface area contributed by atoms with Crippen molar-refractivity contribution >= 4 is 38.9 Å². The smallest absolute Gasteiger partial charge is 0.174 e. The quantitative estimate of drug-likeness (QED) is 0.299. The van der Waals surface area contributed by atoms with E-state index in [1.54, 1.807) is 7.11 Å². The van der Waals surface area contributed by atoms with E-state index in [0.29, 0.717) is 5.11 Å². The molecule has 1 aliphatic heterocycles. The summed E-state index contributed by atoms with van der Waals surface area (Å²) in [6, 6.07) is 24.4. The van der Waals surface area contributed by atoms with Crippen molar-refractivity contribution in [3.05, 3.63) is 106 Å². The van der Waals surface area contributed by atoms with Crippen LogP contribution in [0.15, 0.2) is 83.5 Å². The Kier molecular flexibility index (Phi) is 6.15. The van der Waals surface area contributed by atoms with Crippen molar-refractivity contribution in [2.45, 2.75) is 25.9 Å². The van der Waals surface area contributed by atoms with E-state index >= 15 is 0 Å². The van der Waals surface area contributed by atoms with Crippen LogP contribution >= 0.6 is 28.1 Å². The maximum absolute atomic E-state index is 5.90. The van der Waals surface area contributed by atoms with Gasteiger partial charge >= 0.3 is 0 Å². The lowest BCUT2D eigenvalue weighted by atomic mass is 9.96. The summed E-state index contributed by atoms with van der Waals surface area (Å²) in [6.07, 6.45) is 1.83. The van der Waals surface area contributed by atoms with E-state index in [9.17, 15) is 0 Å². The lowest BCUT2D eigenvalue weighted by Crippen LogP contribution is -2.30. The van der Waals surface area contributed by atoms with Crippen molar-refractivity contribution in [1.29, 1.82) is 0 Å². The average Bonchev–Trinajstić information content (AvgIpc) is 3.34. The molecule has 172 valence electrons. The molecule has 5 nitrogen and oxygen atoms in total. The van der Waals surface area contributed by atoms with Crippen molar-refractivity contribution < 1.29 is 4.74 Å². The molecule has 1 N–H and O–H groups in total. The molecule has 0 unspecified atom stereocenters. The third-order valence-corrected chi connectivity index (χ3v) is 7.11. The van der Waals surface area contributed by atoms with Gasteiger partial charge in [-0.15, -0.1) is 0 Å². The van der Waals surface area contributed by atoms with Crippen LogP contribution in [0.4, 0.5) is 5.69 Å². The molecule has 4 aromatic rings. The van der Waals surface area contributed by atoms with Gasteiger partial charge < -0.3 is 19.5 Å². The van der Waals surface area contributed by atoms with Crippen molar-refractivity contribution in [3.8, 4) is 11.4 Å². The molecule has 2 aromatic heterocycles. The maximum Gasteiger partial charge on any atom is 0.174 e. The number of ether oxygens (including phenoxy) is 1. The zero-order valence-corrected chi connectivity index (χ0v) is 21.6. The Hall–Kier alpha value is -3.16. The SMILES string of the molecule is COc1ccccc1N1C(=S)N[C@H](c2ccccn2)[C@H]1c1cc(C)n(-c2cccc(Br)c2)c1C. The van der Waals surface area contributed by atoms with Gasteiger partial charge in [0.05, 0.1) is 30.6 Å². The van der Waals surface area contributed by atoms with Gasteiger partial charge in [-0.25, -0.2) is 0 Å². The van der Waals surface area contributed by atoms with Crippen molar-refractivity contribution in [2.75, 3.05) is 12.0 Å². The summed E-state index contributed by atoms with van der Waals surface area (Å²) in [5.74, 6) is 0.777. The second-order valence-electron chi connectivity index (χ2n) is 8.31. The Morgan fingerprint density at radius 1 is 1.00 bits per heavy atom. The summed E-state index contributed by atoms with van der Waals surface area (Å²) in [5.41, 5.74) is 6.49. The molecule has 1 aliphatic rings. The number of nitrogens with one attached hydrogen (secondary N) is 1. The van der Waals surface area contributed by atoms with Crippen LogP contribution in [-0.4, -0.2) is 21.8 Å². The van der Waals surface area contributed by atoms with E-state index in [-0.39, 0.29) is 12.1 Å². The number of benzene rings is 2. The Morgan fingerprint density at radius 3 is 2.53 bits per heavy atom. The molecule has 0 spiro atoms. The summed E-state index contributed by atoms with van der Waals surface area (Å²) in [5, 5.41) is 4.20. The Morgan fingerprint density at radius 2 is 1.79 bits per heavy atom. The highest BCUT2D eigenvalue weighted by atomic mass is 79.9. The first-order valence-corrected chi connectivity index (χ1v) is 12.3. The molecule has 1 saturated heterocycles. The van der Waals surface area contributed by atoms with Gasteiger partial charge in [-0.3, -0.25) is 4.98 Å². The minimum atomic E-state index is -0.116. The van der Waals surface area contributed by atoms with Crippen LogP contribution in [0, 0.1) is 13.8 Å². The molecule has 0 aliphatic carbocycles. The summed E-state index contributed by atoms with van der Waals surface area (Å²) < 4.78 is 9.05. The van der Waals surface area contributed by atoms with Crippen LogP contribution in [-0.2, 0) is 0 Å². The predicted octanol–water partition coefficient (Wildman–Crippen LogP) is 6.44. The molecule has 7 heteroatoms. The third kappa shape index (κ3) is 3.89. The van der Waals surface area contributed by atoms with E-state index in [2.05, 4.69) is 73.8 Å². The second-order valence-corrected chi connectivity index (χ2v) is 9.61. The van der Waals surface area contributed by atoms with Gasteiger partial charge in [0.1, 0.15) is 5.75 Å². The molecule has 5 rings (SSSR count). The van der Waals surface area contributed by atoms with E-state index in [0.717, 1.165) is 38.7 Å². The second kappa shape index (κ2) is 9.24. The predicted molar refractivity (Wildman–Crippen MR) is 144 cm³/mol. The molecule has 1 fully saturated rings. The van der Waals surface area contributed by atoms with E-state index < -0.39 is 0 Å². The van der Waals surface area contributed by atoms with Crippen molar-refractivity contribution in [1.82, 2.24) is 14.9 Å². The normalized spacial score (nSPS) is 17.6. The van der Waals surface area contributed by atoms with Gasteiger partial charge in [-0.2, -0.15) is 0 Å². The van der Waals surface area contributed by atoms with Crippen molar-refractivity contribution in [3.63, 3.8) is 0 Å². The van der Waals surface area contributed by atoms with Gasteiger partial charge in [0.15, 0.2) is 5.11 Å². The van der Waals surface area contributed by atoms with Gasteiger partial charge in [-0.1, -0.05) is 40.2 Å². The number of pyridine rings is 1. The number of aromatic nitrogens is 2. The monoisotopic (exact) mass is 532 g/mol. The van der Waals surface area contributed by atoms with Crippen LogP contribution in [0.5, 0.6) is 5.75 Å². The number of thiocarbonyl (C=S) groups is 1. The van der Waals surface area contributed by atoms with Crippen LogP contribution in [0.3, 0.4) is 0 Å². The van der Waals surface area contributed by atoms with Crippen LogP contribution in [0.2, 0.25) is 0 Å². The zero-order chi connectivity index (χ0) is 23.8. The fourth-order valence-corrected chi connectivity index (χ4v) is 5.58. The number of para-hydroxylation sites is 2. The number of hydrogen-bond donors (Lipinski definition) is 1. The largest absolute Gasteiger partial charge is 0.495 e. The van der Waals surface area contributed by atoms with Gasteiger partial charge in [-0.05, 0) is 80.2 Å².